The summed E-state index contributed by atoms with van der Waals surface area (Å²) in [7, 11) is -15.6. The van der Waals surface area contributed by atoms with E-state index in [2.05, 4.69) is 65.9 Å². The summed E-state index contributed by atoms with van der Waals surface area (Å²) in [5, 5.41) is 3.02. The van der Waals surface area contributed by atoms with Crippen LogP contribution in [0.4, 0.5) is 11.4 Å². The van der Waals surface area contributed by atoms with E-state index < -0.39 is 46.9 Å². The van der Waals surface area contributed by atoms with E-state index in [-0.39, 0.29) is 110 Å². The third-order valence-corrected chi connectivity index (χ3v) is 14.6. The summed E-state index contributed by atoms with van der Waals surface area (Å²) in [6.07, 6.45) is 19.0. The molecule has 25 heteroatoms. The van der Waals surface area contributed by atoms with Crippen LogP contribution in [-0.4, -0.2) is 93.6 Å². The first kappa shape index (κ1) is 72.4. The maximum atomic E-state index is 12.6. The molecule has 1 aliphatic carbocycles. The van der Waals surface area contributed by atoms with E-state index in [4.69, 9.17) is 35.7 Å². The summed E-state index contributed by atoms with van der Waals surface area (Å²) in [6.45, 7) is 15.3. The van der Waals surface area contributed by atoms with Gasteiger partial charge in [-0.3, -0.25) is 4.79 Å². The molecule has 2 heterocycles. The van der Waals surface area contributed by atoms with Crippen LogP contribution < -0.4 is 109 Å². The molecule has 3 aromatic rings. The number of nitrogens with zero attached hydrogens (tertiary/aromatic N) is 2. The Morgan fingerprint density at radius 3 is 2.01 bits per heavy atom. The molecule has 6 rings (SSSR count). The second-order valence-corrected chi connectivity index (χ2v) is 22.4. The van der Waals surface area contributed by atoms with Gasteiger partial charge in [-0.15, -0.1) is 31.3 Å². The predicted molar refractivity (Wildman–Crippen MR) is 277 cm³/mol. The van der Waals surface area contributed by atoms with Gasteiger partial charge in [0.1, 0.15) is 44.0 Å². The minimum absolute atomic E-state index is 0. The van der Waals surface area contributed by atoms with E-state index in [0.717, 1.165) is 110 Å². The van der Waals surface area contributed by atoms with Gasteiger partial charge >= 0.3 is 110 Å². The Balaban J connectivity index is 0.00000252. The first-order valence-electron chi connectivity index (χ1n) is 24.2. The number of hydrogen-bond donors (Lipinski definition) is 2. The van der Waals surface area contributed by atoms with Crippen molar-refractivity contribution in [1.82, 2.24) is 5.32 Å². The van der Waals surface area contributed by atoms with Gasteiger partial charge in [-0.25, -0.2) is 21.4 Å². The number of ether oxygens (including phenoxy) is 1. The summed E-state index contributed by atoms with van der Waals surface area (Å²) < 4.78 is 132. The minimum Gasteiger partial charge on any atom is -0.744 e. The van der Waals surface area contributed by atoms with E-state index >= 15 is 0 Å². The molecule has 0 atom stereocenters. The normalized spacial score (nSPS) is 16.2. The molecule has 0 bridgehead atoms. The number of amides is 1. The average molecular weight is 1170 g/mol. The van der Waals surface area contributed by atoms with Crippen LogP contribution in [0.2, 0.25) is 0 Å². The molecule has 18 nitrogen and oxygen atoms in total. The second-order valence-electron chi connectivity index (χ2n) is 18.8. The zero-order chi connectivity index (χ0) is 54.9. The quantitative estimate of drug-likeness (QED) is 0.0368. The van der Waals surface area contributed by atoms with Crippen LogP contribution in [0.1, 0.15) is 122 Å². The Labute approximate surface area is 524 Å². The first-order chi connectivity index (χ1) is 34.8. The van der Waals surface area contributed by atoms with Crippen molar-refractivity contribution >= 4 is 64.4 Å². The molecule has 77 heavy (non-hydrogen) atoms. The van der Waals surface area contributed by atoms with Gasteiger partial charge < -0.3 is 36.7 Å². The van der Waals surface area contributed by atoms with Crippen molar-refractivity contribution < 1.29 is 154 Å². The summed E-state index contributed by atoms with van der Waals surface area (Å²) in [5.74, 6) is 1.03. The van der Waals surface area contributed by atoms with Gasteiger partial charge in [-0.2, -0.15) is 24.6 Å². The number of anilines is 1. The van der Waals surface area contributed by atoms with E-state index in [9.17, 15) is 30.7 Å². The molecular weight excluding hydrogens is 1100 g/mol. The van der Waals surface area contributed by atoms with Gasteiger partial charge in [0.25, 0.3) is 0 Å². The van der Waals surface area contributed by atoms with Gasteiger partial charge in [0.05, 0.1) is 9.79 Å². The van der Waals surface area contributed by atoms with Crippen LogP contribution in [0.25, 0.3) is 0 Å². The number of allylic oxidation sites excluding steroid dienone is 7. The molecule has 0 fully saturated rings. The van der Waals surface area contributed by atoms with Gasteiger partial charge in [0.2, 0.25) is 5.91 Å². The van der Waals surface area contributed by atoms with Gasteiger partial charge in [-0.05, 0) is 129 Å². The SMILES string of the molecule is O=S(=O)=O.O=S(=O)=O.[CH2-]CCC[N+]1=C(C=CC2=C(Oc3ccc(S(=O)(=O)[O-])cc3)C(=CC=C3N(CCCCCC(=O)NCCCCCCN)c4ccc(S(=O)(=O)[O-])cc4C3(C)C)CCC2)C(C)(C)c2c[c-]ccc21.[Na+].[Na+].[Na+]. The molecule has 2 aliphatic heterocycles. The fourth-order valence-electron chi connectivity index (χ4n) is 9.30. The van der Waals surface area contributed by atoms with Crippen LogP contribution in [0.5, 0.6) is 5.75 Å². The zero-order valence-electron chi connectivity index (χ0n) is 45.1. The maximum Gasteiger partial charge on any atom is 1.00 e. The average Bonchev–Trinajstić information content (AvgIpc) is 3.67. The molecule has 3 aliphatic rings. The summed E-state index contributed by atoms with van der Waals surface area (Å²) in [4.78, 5) is 14.1. The third kappa shape index (κ3) is 21.7. The number of carbonyl (C=O) groups excluding carboxylic acids is 1. The Kier molecular flexibility index (Phi) is 31.9. The zero-order valence-corrected chi connectivity index (χ0v) is 54.4. The minimum atomic E-state index is -4.71. The third-order valence-electron chi connectivity index (χ3n) is 13.0. The van der Waals surface area contributed by atoms with Crippen molar-refractivity contribution in [2.75, 3.05) is 31.1 Å². The van der Waals surface area contributed by atoms with Crippen LogP contribution in [-0.2, 0) is 57.1 Å². The van der Waals surface area contributed by atoms with E-state index in [0.29, 0.717) is 50.4 Å². The number of nitrogens with one attached hydrogen (secondary N) is 1. The molecule has 0 saturated heterocycles. The molecule has 3 N–H and O–H groups in total. The topological polar surface area (TPSA) is 287 Å². The number of unbranched alkanes of at least 4 members (excludes halogenated alkanes) is 6. The van der Waals surface area contributed by atoms with Crippen molar-refractivity contribution in [3.05, 3.63) is 132 Å². The Morgan fingerprint density at radius 1 is 0.792 bits per heavy atom. The molecule has 1 amide bonds. The molecule has 0 saturated carbocycles. The van der Waals surface area contributed by atoms with Gasteiger partial charge in [0.15, 0.2) is 5.71 Å². The van der Waals surface area contributed by atoms with Crippen molar-refractivity contribution in [2.45, 2.75) is 132 Å². The Morgan fingerprint density at radius 2 is 1.40 bits per heavy atom. The molecule has 404 valence electrons. The largest absolute Gasteiger partial charge is 1.00 e. The molecule has 0 unspecified atom stereocenters. The Hall–Kier alpha value is -2.62. The smallest absolute Gasteiger partial charge is 0.744 e. The van der Waals surface area contributed by atoms with Crippen LogP contribution >= 0.6 is 0 Å². The van der Waals surface area contributed by atoms with E-state index in [1.807, 2.05) is 32.1 Å². The molecule has 0 aromatic heterocycles. The fourth-order valence-corrected chi connectivity index (χ4v) is 10.3. The number of carbonyl (C=O) groups is 1. The summed E-state index contributed by atoms with van der Waals surface area (Å²) >= 11 is 0. The second kappa shape index (κ2) is 34.0. The van der Waals surface area contributed by atoms with Crippen molar-refractivity contribution in [2.24, 2.45) is 5.73 Å². The van der Waals surface area contributed by atoms with Gasteiger partial charge in [0, 0.05) is 47.8 Å². The maximum absolute atomic E-state index is 12.6. The number of benzene rings is 3. The van der Waals surface area contributed by atoms with E-state index in [1.54, 1.807) is 6.07 Å². The number of fused-ring (bicyclic) bond motifs is 2. The van der Waals surface area contributed by atoms with Gasteiger partial charge in [-0.1, -0.05) is 58.6 Å². The standard InChI is InChI=1S/C52H67N4O8S2.3Na.2O3S/c1-6-7-35-55-45-21-13-12-20-43(45)51(2,3)47(55)31-23-38-18-17-19-39(50(38)64-40-25-27-41(28-26-40)65(58,59)60)24-32-48-52(4,5)44-37-42(66(61,62)63)29-30-46(44)56(48)36-16-10-11-22-49(57)54-34-15-9-8-14-33-53;;;;2*1-4(2)3/h13,20-21,23-32,37H,1,6-11,14-19,22,33-36,53H2,2-5H3,(H,54,57)(H,58,59,60)(H,61,62,63);;;;;/q-1;3*+1;;/p-2. The summed E-state index contributed by atoms with van der Waals surface area (Å²) in [5.41, 5.74) is 12.3. The van der Waals surface area contributed by atoms with E-state index in [1.165, 1.54) is 42.0 Å². The molecule has 0 radical (unpaired) electrons. The fraction of sp³-hybridized carbons (Fsp3) is 0.442. The first-order valence-corrected chi connectivity index (χ1v) is 29.1. The summed E-state index contributed by atoms with van der Waals surface area (Å²) in [6, 6.07) is 19.4. The number of nitrogens with two attached hydrogens (primary N) is 1. The molecular formula is C52H65N4Na3O14S4. The number of hydrogen-bond acceptors (Lipinski definition) is 16. The monoisotopic (exact) mass is 1170 g/mol. The molecule has 0 spiro atoms. The molecule has 3 aromatic carbocycles. The van der Waals surface area contributed by atoms with Crippen LogP contribution in [0.15, 0.2) is 117 Å². The Bertz CT molecular complexity index is 3090. The predicted octanol–water partition coefficient (Wildman–Crippen LogP) is -1.83. The number of rotatable bonds is 22. The van der Waals surface area contributed by atoms with Crippen molar-refractivity contribution in [3.8, 4) is 5.75 Å². The van der Waals surface area contributed by atoms with Crippen molar-refractivity contribution in [3.63, 3.8) is 0 Å². The van der Waals surface area contributed by atoms with Crippen molar-refractivity contribution in [1.29, 1.82) is 0 Å². The van der Waals surface area contributed by atoms with Crippen LogP contribution in [0.3, 0.4) is 0 Å². The van der Waals surface area contributed by atoms with Crippen LogP contribution in [0, 0.1) is 13.0 Å².